The number of hydrogen-bond donors (Lipinski definition) is 1. The molecule has 0 saturated carbocycles. The molecule has 1 amide bonds. The maximum Gasteiger partial charge on any atom is 0.275 e. The number of pyridine rings is 1. The third-order valence-electron chi connectivity index (χ3n) is 2.67. The first-order valence-electron chi connectivity index (χ1n) is 5.87. The van der Waals surface area contributed by atoms with Crippen molar-refractivity contribution in [1.29, 1.82) is 0 Å². The molecule has 1 N–H and O–H groups in total. The Bertz CT molecular complexity index is 773. The summed E-state index contributed by atoms with van der Waals surface area (Å²) in [6.45, 7) is 0. The summed E-state index contributed by atoms with van der Waals surface area (Å²) >= 11 is 3.24. The quantitative estimate of drug-likeness (QED) is 0.734. The third-order valence-corrected chi connectivity index (χ3v) is 3.14. The van der Waals surface area contributed by atoms with Crippen LogP contribution in [-0.4, -0.2) is 20.9 Å². The molecule has 0 aliphatic heterocycles. The SMILES string of the molecule is O=C(Nc1ccc(Br)nc1)c1cnc2ccccc2n1. The Kier molecular flexibility index (Phi) is 3.39. The largest absolute Gasteiger partial charge is 0.319 e. The second-order valence-electron chi connectivity index (χ2n) is 4.07. The Hall–Kier alpha value is -2.34. The first-order valence-corrected chi connectivity index (χ1v) is 6.66. The van der Waals surface area contributed by atoms with Gasteiger partial charge in [-0.25, -0.2) is 9.97 Å². The summed E-state index contributed by atoms with van der Waals surface area (Å²) in [5.74, 6) is -0.313. The number of para-hydroxylation sites is 2. The van der Waals surface area contributed by atoms with Crippen LogP contribution in [-0.2, 0) is 0 Å². The fourth-order valence-corrected chi connectivity index (χ4v) is 1.95. The topological polar surface area (TPSA) is 67.8 Å². The fourth-order valence-electron chi connectivity index (χ4n) is 1.71. The molecule has 0 fully saturated rings. The van der Waals surface area contributed by atoms with Gasteiger partial charge in [0, 0.05) is 0 Å². The summed E-state index contributed by atoms with van der Waals surface area (Å²) in [5, 5.41) is 2.73. The molecule has 6 heteroatoms. The highest BCUT2D eigenvalue weighted by molar-refractivity contribution is 9.10. The first-order chi connectivity index (χ1) is 9.72. The average Bonchev–Trinajstić information content (AvgIpc) is 2.49. The van der Waals surface area contributed by atoms with Gasteiger partial charge < -0.3 is 5.32 Å². The lowest BCUT2D eigenvalue weighted by atomic mass is 10.3. The number of amides is 1. The van der Waals surface area contributed by atoms with Crippen LogP contribution in [0.4, 0.5) is 5.69 Å². The lowest BCUT2D eigenvalue weighted by Gasteiger charge is -2.04. The normalized spacial score (nSPS) is 10.4. The van der Waals surface area contributed by atoms with Crippen LogP contribution in [0.2, 0.25) is 0 Å². The predicted molar refractivity (Wildman–Crippen MR) is 79.4 cm³/mol. The van der Waals surface area contributed by atoms with Gasteiger partial charge in [-0.05, 0) is 40.2 Å². The third kappa shape index (κ3) is 2.65. The summed E-state index contributed by atoms with van der Waals surface area (Å²) < 4.78 is 0.709. The molecule has 2 heterocycles. The number of hydrogen-bond acceptors (Lipinski definition) is 4. The van der Waals surface area contributed by atoms with Crippen molar-refractivity contribution in [3.8, 4) is 0 Å². The van der Waals surface area contributed by atoms with Gasteiger partial charge in [0.1, 0.15) is 10.3 Å². The van der Waals surface area contributed by atoms with E-state index in [0.29, 0.717) is 15.8 Å². The zero-order chi connectivity index (χ0) is 13.9. The summed E-state index contributed by atoms with van der Waals surface area (Å²) in [6, 6.07) is 10.9. The lowest BCUT2D eigenvalue weighted by Crippen LogP contribution is -2.14. The van der Waals surface area contributed by atoms with Crippen molar-refractivity contribution >= 4 is 38.6 Å². The number of benzene rings is 1. The van der Waals surface area contributed by atoms with E-state index in [2.05, 4.69) is 36.2 Å². The van der Waals surface area contributed by atoms with Gasteiger partial charge in [-0.1, -0.05) is 12.1 Å². The molecule has 5 nitrogen and oxygen atoms in total. The van der Waals surface area contributed by atoms with Crippen molar-refractivity contribution in [3.63, 3.8) is 0 Å². The molecule has 2 aromatic heterocycles. The van der Waals surface area contributed by atoms with Gasteiger partial charge >= 0.3 is 0 Å². The lowest BCUT2D eigenvalue weighted by molar-refractivity contribution is 0.102. The van der Waals surface area contributed by atoms with Gasteiger partial charge in [-0.15, -0.1) is 0 Å². The van der Waals surface area contributed by atoms with E-state index >= 15 is 0 Å². The van der Waals surface area contributed by atoms with Crippen molar-refractivity contribution in [2.75, 3.05) is 5.32 Å². The maximum atomic E-state index is 12.1. The number of fused-ring (bicyclic) bond motifs is 1. The Morgan fingerprint density at radius 2 is 1.80 bits per heavy atom. The van der Waals surface area contributed by atoms with Crippen molar-refractivity contribution in [2.24, 2.45) is 0 Å². The van der Waals surface area contributed by atoms with E-state index in [1.165, 1.54) is 6.20 Å². The summed E-state index contributed by atoms with van der Waals surface area (Å²) in [6.07, 6.45) is 3.03. The molecule has 3 rings (SSSR count). The standard InChI is InChI=1S/C14H9BrN4O/c15-13-6-5-9(7-17-13)18-14(20)12-8-16-10-3-1-2-4-11(10)19-12/h1-8H,(H,18,20). The molecular formula is C14H9BrN4O. The van der Waals surface area contributed by atoms with Crippen LogP contribution in [0.3, 0.4) is 0 Å². The minimum atomic E-state index is -0.313. The van der Waals surface area contributed by atoms with E-state index < -0.39 is 0 Å². The molecule has 0 atom stereocenters. The maximum absolute atomic E-state index is 12.1. The summed E-state index contributed by atoms with van der Waals surface area (Å²) in [4.78, 5) is 24.6. The van der Waals surface area contributed by atoms with Crippen molar-refractivity contribution < 1.29 is 4.79 Å². The average molecular weight is 329 g/mol. The van der Waals surface area contributed by atoms with E-state index in [4.69, 9.17) is 0 Å². The highest BCUT2D eigenvalue weighted by Crippen LogP contribution is 2.13. The molecule has 0 bridgehead atoms. The van der Waals surface area contributed by atoms with E-state index in [1.54, 1.807) is 18.3 Å². The second-order valence-corrected chi connectivity index (χ2v) is 4.88. The van der Waals surface area contributed by atoms with Gasteiger partial charge in [0.05, 0.1) is 29.1 Å². The number of nitrogens with one attached hydrogen (secondary N) is 1. The highest BCUT2D eigenvalue weighted by Gasteiger charge is 2.09. The van der Waals surface area contributed by atoms with Crippen LogP contribution >= 0.6 is 15.9 Å². The molecule has 0 radical (unpaired) electrons. The zero-order valence-electron chi connectivity index (χ0n) is 10.2. The number of rotatable bonds is 2. The molecule has 98 valence electrons. The van der Waals surface area contributed by atoms with Crippen LogP contribution in [0.1, 0.15) is 10.5 Å². The minimum Gasteiger partial charge on any atom is -0.319 e. The number of anilines is 1. The van der Waals surface area contributed by atoms with Gasteiger partial charge in [-0.2, -0.15) is 0 Å². The first kappa shape index (κ1) is 12.7. The van der Waals surface area contributed by atoms with Gasteiger partial charge in [0.15, 0.2) is 0 Å². The molecule has 0 saturated heterocycles. The Morgan fingerprint density at radius 1 is 1.00 bits per heavy atom. The van der Waals surface area contributed by atoms with Crippen LogP contribution < -0.4 is 5.32 Å². The van der Waals surface area contributed by atoms with Crippen LogP contribution in [0.15, 0.2) is 53.4 Å². The van der Waals surface area contributed by atoms with Crippen LogP contribution in [0.5, 0.6) is 0 Å². The number of aromatic nitrogens is 3. The number of nitrogens with zero attached hydrogens (tertiary/aromatic N) is 3. The summed E-state index contributed by atoms with van der Waals surface area (Å²) in [5.41, 5.74) is 2.32. The molecule has 3 aromatic rings. The molecular weight excluding hydrogens is 320 g/mol. The van der Waals surface area contributed by atoms with Crippen LogP contribution in [0, 0.1) is 0 Å². The number of carbonyl (C=O) groups is 1. The molecule has 0 aliphatic carbocycles. The smallest absolute Gasteiger partial charge is 0.275 e. The molecule has 0 spiro atoms. The van der Waals surface area contributed by atoms with Crippen LogP contribution in [0.25, 0.3) is 11.0 Å². The zero-order valence-corrected chi connectivity index (χ0v) is 11.8. The fraction of sp³-hybridized carbons (Fsp3) is 0. The van der Waals surface area contributed by atoms with Crippen molar-refractivity contribution in [2.45, 2.75) is 0 Å². The number of halogens is 1. The highest BCUT2D eigenvalue weighted by atomic mass is 79.9. The number of carbonyl (C=O) groups excluding carboxylic acids is 1. The second kappa shape index (κ2) is 5.34. The van der Waals surface area contributed by atoms with Crippen molar-refractivity contribution in [3.05, 3.63) is 59.1 Å². The molecule has 0 unspecified atom stereocenters. The molecule has 0 aliphatic rings. The molecule has 1 aromatic carbocycles. The van der Waals surface area contributed by atoms with Crippen molar-refractivity contribution in [1.82, 2.24) is 15.0 Å². The Balaban J connectivity index is 1.86. The Labute approximate surface area is 123 Å². The van der Waals surface area contributed by atoms with E-state index in [-0.39, 0.29) is 11.6 Å². The van der Waals surface area contributed by atoms with E-state index in [0.717, 1.165) is 5.52 Å². The monoisotopic (exact) mass is 328 g/mol. The molecule has 20 heavy (non-hydrogen) atoms. The predicted octanol–water partition coefficient (Wildman–Crippen LogP) is 3.04. The van der Waals surface area contributed by atoms with Gasteiger partial charge in [0.2, 0.25) is 0 Å². The minimum absolute atomic E-state index is 0.270. The Morgan fingerprint density at radius 3 is 2.55 bits per heavy atom. The van der Waals surface area contributed by atoms with E-state index in [1.807, 2.05) is 24.3 Å². The van der Waals surface area contributed by atoms with E-state index in [9.17, 15) is 4.79 Å². The summed E-state index contributed by atoms with van der Waals surface area (Å²) in [7, 11) is 0. The van der Waals surface area contributed by atoms with Gasteiger partial charge in [0.25, 0.3) is 5.91 Å². The van der Waals surface area contributed by atoms with Gasteiger partial charge in [-0.3, -0.25) is 9.78 Å².